The molecule has 1 aromatic heterocycles. The van der Waals surface area contributed by atoms with Gasteiger partial charge in [-0.3, -0.25) is 4.79 Å². The Morgan fingerprint density at radius 2 is 1.53 bits per heavy atom. The second kappa shape index (κ2) is 8.89. The fourth-order valence-corrected chi connectivity index (χ4v) is 3.76. The van der Waals surface area contributed by atoms with Crippen LogP contribution in [0.2, 0.25) is 0 Å². The van der Waals surface area contributed by atoms with Gasteiger partial charge >= 0.3 is 7.12 Å². The van der Waals surface area contributed by atoms with Crippen LogP contribution in [-0.4, -0.2) is 29.2 Å². The van der Waals surface area contributed by atoms with Crippen LogP contribution in [0.5, 0.6) is 0 Å². The second-order valence-corrected chi connectivity index (χ2v) is 10.1. The minimum absolute atomic E-state index is 0.225. The normalized spacial score (nSPS) is 16.6. The molecule has 176 valence electrons. The largest absolute Gasteiger partial charge is 0.494 e. The second-order valence-electron chi connectivity index (χ2n) is 10.1. The number of pyridine rings is 1. The van der Waals surface area contributed by atoms with Crippen molar-refractivity contribution < 1.29 is 14.1 Å². The van der Waals surface area contributed by atoms with Crippen molar-refractivity contribution in [2.75, 3.05) is 11.1 Å². The first kappa shape index (κ1) is 24.0. The lowest BCUT2D eigenvalue weighted by Crippen LogP contribution is -2.41. The molecule has 2 heterocycles. The van der Waals surface area contributed by atoms with Gasteiger partial charge in [0.25, 0.3) is 5.91 Å². The van der Waals surface area contributed by atoms with E-state index in [4.69, 9.17) is 15.0 Å². The number of nitrogen functional groups attached to an aromatic ring is 1. The van der Waals surface area contributed by atoms with Crippen LogP contribution in [0.25, 0.3) is 11.1 Å². The average Bonchev–Trinajstić information content (AvgIpc) is 3.02. The molecule has 0 atom stereocenters. The van der Waals surface area contributed by atoms with E-state index in [0.29, 0.717) is 17.2 Å². The highest BCUT2D eigenvalue weighted by molar-refractivity contribution is 6.62. The van der Waals surface area contributed by atoms with Crippen LogP contribution in [0.3, 0.4) is 0 Å². The Kier molecular flexibility index (Phi) is 6.27. The fourth-order valence-electron chi connectivity index (χ4n) is 3.76. The van der Waals surface area contributed by atoms with Crippen LogP contribution in [0.4, 0.5) is 11.5 Å². The lowest BCUT2D eigenvalue weighted by Gasteiger charge is -2.32. The van der Waals surface area contributed by atoms with Gasteiger partial charge in [-0.15, -0.1) is 0 Å². The molecule has 2 aromatic carbocycles. The van der Waals surface area contributed by atoms with Gasteiger partial charge in [0.15, 0.2) is 0 Å². The molecule has 3 N–H and O–H groups in total. The molecule has 1 fully saturated rings. The summed E-state index contributed by atoms with van der Waals surface area (Å²) in [6, 6.07) is 17.4. The van der Waals surface area contributed by atoms with Crippen LogP contribution in [0.15, 0.2) is 60.8 Å². The van der Waals surface area contributed by atoms with Gasteiger partial charge in [-0.25, -0.2) is 4.98 Å². The van der Waals surface area contributed by atoms with E-state index in [0.717, 1.165) is 16.6 Å². The summed E-state index contributed by atoms with van der Waals surface area (Å²) < 4.78 is 12.3. The van der Waals surface area contributed by atoms with Crippen molar-refractivity contribution in [2.24, 2.45) is 0 Å². The number of anilines is 2. The van der Waals surface area contributed by atoms with Crippen molar-refractivity contribution in [1.82, 2.24) is 4.98 Å². The third-order valence-corrected chi connectivity index (χ3v) is 6.78. The zero-order chi connectivity index (χ0) is 24.7. The molecule has 0 unspecified atom stereocenters. The Hall–Kier alpha value is -3.16. The van der Waals surface area contributed by atoms with E-state index in [1.807, 2.05) is 82.3 Å². The summed E-state index contributed by atoms with van der Waals surface area (Å²) in [5, 5.41) is 2.89. The van der Waals surface area contributed by atoms with Crippen molar-refractivity contribution in [2.45, 2.75) is 58.7 Å². The molecule has 3 aromatic rings. The maximum atomic E-state index is 12.8. The van der Waals surface area contributed by atoms with E-state index in [1.165, 1.54) is 5.56 Å². The quantitative estimate of drug-likeness (QED) is 0.527. The number of hydrogen-bond acceptors (Lipinski definition) is 5. The highest BCUT2D eigenvalue weighted by atomic mass is 16.7. The van der Waals surface area contributed by atoms with Crippen molar-refractivity contribution in [3.05, 3.63) is 71.9 Å². The van der Waals surface area contributed by atoms with Gasteiger partial charge in [0.1, 0.15) is 5.82 Å². The van der Waals surface area contributed by atoms with Crippen LogP contribution in [0.1, 0.15) is 63.4 Å². The number of amides is 1. The Morgan fingerprint density at radius 3 is 2.09 bits per heavy atom. The van der Waals surface area contributed by atoms with Crippen molar-refractivity contribution in [3.8, 4) is 11.1 Å². The van der Waals surface area contributed by atoms with E-state index in [9.17, 15) is 4.79 Å². The van der Waals surface area contributed by atoms with Crippen LogP contribution < -0.4 is 16.5 Å². The Balaban J connectivity index is 1.51. The number of nitrogens with two attached hydrogens (primary N) is 1. The fraction of sp³-hybridized carbons (Fsp3) is 0.333. The lowest BCUT2D eigenvalue weighted by atomic mass is 9.78. The summed E-state index contributed by atoms with van der Waals surface area (Å²) in [6.45, 7) is 12.4. The maximum Gasteiger partial charge on any atom is 0.494 e. The smallest absolute Gasteiger partial charge is 0.399 e. The van der Waals surface area contributed by atoms with Gasteiger partial charge < -0.3 is 20.4 Å². The number of nitrogens with one attached hydrogen (secondary N) is 1. The summed E-state index contributed by atoms with van der Waals surface area (Å²) in [5.74, 6) is 0.451. The predicted octanol–water partition coefficient (Wildman–Crippen LogP) is 5.01. The topological polar surface area (TPSA) is 86.5 Å². The average molecular weight is 457 g/mol. The molecule has 1 amide bonds. The summed E-state index contributed by atoms with van der Waals surface area (Å²) in [6.07, 6.45) is 1.70. The molecule has 34 heavy (non-hydrogen) atoms. The third kappa shape index (κ3) is 4.72. The van der Waals surface area contributed by atoms with E-state index in [1.54, 1.807) is 6.20 Å². The van der Waals surface area contributed by atoms with Gasteiger partial charge in [0, 0.05) is 17.3 Å². The summed E-state index contributed by atoms with van der Waals surface area (Å²) in [5.41, 5.74) is 10.3. The third-order valence-electron chi connectivity index (χ3n) is 6.78. The predicted molar refractivity (Wildman–Crippen MR) is 138 cm³/mol. The minimum atomic E-state index is -0.416. The number of rotatable bonds is 5. The van der Waals surface area contributed by atoms with Crippen molar-refractivity contribution >= 4 is 30.0 Å². The maximum absolute atomic E-state index is 12.8. The minimum Gasteiger partial charge on any atom is -0.399 e. The van der Waals surface area contributed by atoms with Crippen molar-refractivity contribution in [3.63, 3.8) is 0 Å². The monoisotopic (exact) mass is 457 g/mol. The highest BCUT2D eigenvalue weighted by Crippen LogP contribution is 2.36. The first-order chi connectivity index (χ1) is 16.0. The van der Waals surface area contributed by atoms with Gasteiger partial charge in [-0.05, 0) is 68.4 Å². The molecule has 1 aliphatic heterocycles. The van der Waals surface area contributed by atoms with Gasteiger partial charge in [-0.2, -0.15) is 0 Å². The van der Waals surface area contributed by atoms with Gasteiger partial charge in [0.2, 0.25) is 0 Å². The van der Waals surface area contributed by atoms with Gasteiger partial charge in [0.05, 0.1) is 16.9 Å². The Bertz CT molecular complexity index is 1170. The SMILES string of the molecule is CC(C)c1ccc(C(=O)Nc2cc(-c3ccc(B4OC(C)(C)C(C)(C)O4)cc3)cnc2N)cc1. The number of nitrogens with zero attached hydrogens (tertiary/aromatic N) is 1. The first-order valence-corrected chi connectivity index (χ1v) is 11.6. The number of benzene rings is 2. The molecule has 0 spiro atoms. The van der Waals surface area contributed by atoms with Crippen LogP contribution >= 0.6 is 0 Å². The summed E-state index contributed by atoms with van der Waals surface area (Å²) >= 11 is 0. The van der Waals surface area contributed by atoms with Crippen LogP contribution in [-0.2, 0) is 9.31 Å². The summed E-state index contributed by atoms with van der Waals surface area (Å²) in [7, 11) is -0.416. The molecular formula is C27H32BN3O3. The number of carbonyl (C=O) groups is 1. The highest BCUT2D eigenvalue weighted by Gasteiger charge is 2.51. The molecule has 6 nitrogen and oxygen atoms in total. The van der Waals surface area contributed by atoms with Crippen molar-refractivity contribution in [1.29, 1.82) is 0 Å². The number of aromatic nitrogens is 1. The number of hydrogen-bond donors (Lipinski definition) is 2. The molecule has 7 heteroatoms. The van der Waals surface area contributed by atoms with E-state index >= 15 is 0 Å². The Labute approximate surface area is 202 Å². The molecule has 0 saturated carbocycles. The zero-order valence-corrected chi connectivity index (χ0v) is 20.7. The first-order valence-electron chi connectivity index (χ1n) is 11.6. The van der Waals surface area contributed by atoms with E-state index in [2.05, 4.69) is 24.1 Å². The molecular weight excluding hydrogens is 425 g/mol. The molecule has 1 aliphatic rings. The number of carbonyl (C=O) groups excluding carboxylic acids is 1. The molecule has 1 saturated heterocycles. The van der Waals surface area contributed by atoms with E-state index < -0.39 is 7.12 Å². The standard InChI is InChI=1S/C27H32BN3O3/c1-17(2)18-7-9-20(10-8-18)25(32)31-23-15-21(16-30-24(23)29)19-11-13-22(14-12-19)28-33-26(3,4)27(5,6)34-28/h7-17H,1-6H3,(H2,29,30)(H,31,32). The lowest BCUT2D eigenvalue weighted by molar-refractivity contribution is 0.00578. The molecule has 0 radical (unpaired) electrons. The molecule has 4 rings (SSSR count). The molecule has 0 bridgehead atoms. The van der Waals surface area contributed by atoms with E-state index in [-0.39, 0.29) is 22.9 Å². The molecule has 0 aliphatic carbocycles. The Morgan fingerprint density at radius 1 is 0.941 bits per heavy atom. The van der Waals surface area contributed by atoms with Crippen LogP contribution in [0, 0.1) is 0 Å². The van der Waals surface area contributed by atoms with Gasteiger partial charge in [-0.1, -0.05) is 50.2 Å². The zero-order valence-electron chi connectivity index (χ0n) is 20.7. The summed E-state index contributed by atoms with van der Waals surface area (Å²) in [4.78, 5) is 17.1.